The molecule has 0 aliphatic rings. The number of imidazole rings is 1. The van der Waals surface area contributed by atoms with Gasteiger partial charge in [0.2, 0.25) is 0 Å². The van der Waals surface area contributed by atoms with E-state index in [1.807, 2.05) is 28.8 Å². The van der Waals surface area contributed by atoms with Crippen LogP contribution in [0.1, 0.15) is 11.3 Å². The molecule has 0 aliphatic carbocycles. The van der Waals surface area contributed by atoms with Crippen LogP contribution in [0, 0.1) is 0 Å². The Kier molecular flexibility index (Phi) is 3.62. The van der Waals surface area contributed by atoms with Gasteiger partial charge in [0.25, 0.3) is 0 Å². The Hall–Kier alpha value is -1.65. The van der Waals surface area contributed by atoms with Crippen molar-refractivity contribution in [2.24, 2.45) is 0 Å². The van der Waals surface area contributed by atoms with Crippen LogP contribution in [0.25, 0.3) is 5.65 Å². The summed E-state index contributed by atoms with van der Waals surface area (Å²) >= 11 is 3.44. The summed E-state index contributed by atoms with van der Waals surface area (Å²) in [6, 6.07) is 14.4. The normalized spacial score (nSPS) is 11.0. The van der Waals surface area contributed by atoms with Crippen LogP contribution in [0.2, 0.25) is 0 Å². The zero-order chi connectivity index (χ0) is 13.1. The second kappa shape index (κ2) is 5.55. The number of hydrogen-bond donors (Lipinski definition) is 1. The number of fused-ring (bicyclic) bond motifs is 1. The van der Waals surface area contributed by atoms with Gasteiger partial charge in [-0.05, 0) is 29.8 Å². The summed E-state index contributed by atoms with van der Waals surface area (Å²) in [4.78, 5) is 4.55. The highest BCUT2D eigenvalue weighted by Gasteiger charge is 2.00. The van der Waals surface area contributed by atoms with E-state index in [2.05, 4.69) is 56.7 Å². The summed E-state index contributed by atoms with van der Waals surface area (Å²) in [5.74, 6) is 0. The van der Waals surface area contributed by atoms with E-state index < -0.39 is 0 Å². The lowest BCUT2D eigenvalue weighted by atomic mass is 10.2. The van der Waals surface area contributed by atoms with Gasteiger partial charge in [-0.1, -0.05) is 34.1 Å². The number of nitrogens with zero attached hydrogens (tertiary/aromatic N) is 2. The molecule has 3 nitrogen and oxygen atoms in total. The molecule has 3 rings (SSSR count). The highest BCUT2D eigenvalue weighted by molar-refractivity contribution is 9.10. The Morgan fingerprint density at radius 3 is 2.68 bits per heavy atom. The van der Waals surface area contributed by atoms with E-state index in [0.717, 1.165) is 28.9 Å². The Morgan fingerprint density at radius 2 is 1.89 bits per heavy atom. The lowest BCUT2D eigenvalue weighted by Gasteiger charge is -2.02. The van der Waals surface area contributed by atoms with Crippen LogP contribution in [-0.2, 0) is 13.1 Å². The SMILES string of the molecule is Brc1ccc(CNCc2cn3ccccc3n2)cc1. The van der Waals surface area contributed by atoms with Crippen molar-refractivity contribution in [2.75, 3.05) is 0 Å². The van der Waals surface area contributed by atoms with Crippen molar-refractivity contribution < 1.29 is 0 Å². The maximum Gasteiger partial charge on any atom is 0.137 e. The maximum absolute atomic E-state index is 4.55. The molecule has 19 heavy (non-hydrogen) atoms. The molecule has 96 valence electrons. The van der Waals surface area contributed by atoms with Crippen LogP contribution < -0.4 is 5.32 Å². The van der Waals surface area contributed by atoms with Gasteiger partial charge in [0.1, 0.15) is 5.65 Å². The van der Waals surface area contributed by atoms with Gasteiger partial charge < -0.3 is 9.72 Å². The molecule has 0 saturated carbocycles. The highest BCUT2D eigenvalue weighted by Crippen LogP contribution is 2.10. The smallest absolute Gasteiger partial charge is 0.137 e. The minimum atomic E-state index is 0.776. The molecule has 0 atom stereocenters. The summed E-state index contributed by atoms with van der Waals surface area (Å²) in [7, 11) is 0. The number of nitrogens with one attached hydrogen (secondary N) is 1. The van der Waals surface area contributed by atoms with Crippen molar-refractivity contribution >= 4 is 21.6 Å². The zero-order valence-corrected chi connectivity index (χ0v) is 12.0. The van der Waals surface area contributed by atoms with Gasteiger partial charge in [0.05, 0.1) is 5.69 Å². The number of benzene rings is 1. The van der Waals surface area contributed by atoms with Crippen molar-refractivity contribution in [3.8, 4) is 0 Å². The molecule has 2 aromatic heterocycles. The van der Waals surface area contributed by atoms with Crippen molar-refractivity contribution in [1.82, 2.24) is 14.7 Å². The van der Waals surface area contributed by atoms with Gasteiger partial charge in [-0.15, -0.1) is 0 Å². The second-order valence-electron chi connectivity index (χ2n) is 4.43. The lowest BCUT2D eigenvalue weighted by molar-refractivity contribution is 0.683. The minimum absolute atomic E-state index is 0.776. The fourth-order valence-corrected chi connectivity index (χ4v) is 2.27. The van der Waals surface area contributed by atoms with E-state index >= 15 is 0 Å². The van der Waals surface area contributed by atoms with Gasteiger partial charge in [-0.25, -0.2) is 4.98 Å². The topological polar surface area (TPSA) is 29.3 Å². The molecule has 0 spiro atoms. The summed E-state index contributed by atoms with van der Waals surface area (Å²) in [5, 5.41) is 3.41. The van der Waals surface area contributed by atoms with Crippen LogP contribution >= 0.6 is 15.9 Å². The molecule has 0 amide bonds. The molecule has 4 heteroatoms. The fourth-order valence-electron chi connectivity index (χ4n) is 2.01. The van der Waals surface area contributed by atoms with Crippen LogP contribution in [0.5, 0.6) is 0 Å². The van der Waals surface area contributed by atoms with Gasteiger partial charge in [-0.3, -0.25) is 0 Å². The second-order valence-corrected chi connectivity index (χ2v) is 5.34. The molecule has 0 aliphatic heterocycles. The van der Waals surface area contributed by atoms with Crippen molar-refractivity contribution in [3.63, 3.8) is 0 Å². The molecule has 0 fully saturated rings. The highest BCUT2D eigenvalue weighted by atomic mass is 79.9. The molecule has 2 heterocycles. The number of halogens is 1. The number of hydrogen-bond acceptors (Lipinski definition) is 2. The third kappa shape index (κ3) is 3.03. The van der Waals surface area contributed by atoms with Crippen LogP contribution in [0.3, 0.4) is 0 Å². The number of pyridine rings is 1. The monoisotopic (exact) mass is 315 g/mol. The first kappa shape index (κ1) is 12.4. The summed E-state index contributed by atoms with van der Waals surface area (Å²) < 4.78 is 3.15. The average Bonchev–Trinajstić information content (AvgIpc) is 2.83. The van der Waals surface area contributed by atoms with E-state index in [4.69, 9.17) is 0 Å². The minimum Gasteiger partial charge on any atom is -0.307 e. The molecular formula is C15H14BrN3. The van der Waals surface area contributed by atoms with Crippen LogP contribution in [0.4, 0.5) is 0 Å². The standard InChI is InChI=1S/C15H14BrN3/c16-13-6-4-12(5-7-13)9-17-10-14-11-19-8-2-1-3-15(19)18-14/h1-8,11,17H,9-10H2. The summed E-state index contributed by atoms with van der Waals surface area (Å²) in [6.07, 6.45) is 4.07. The molecule has 0 bridgehead atoms. The maximum atomic E-state index is 4.55. The lowest BCUT2D eigenvalue weighted by Crippen LogP contribution is -2.12. The first-order valence-electron chi connectivity index (χ1n) is 6.19. The molecule has 0 radical (unpaired) electrons. The van der Waals surface area contributed by atoms with E-state index in [0.29, 0.717) is 0 Å². The summed E-state index contributed by atoms with van der Waals surface area (Å²) in [5.41, 5.74) is 3.32. The first-order chi connectivity index (χ1) is 9.31. The van der Waals surface area contributed by atoms with Crippen LogP contribution in [0.15, 0.2) is 59.3 Å². The molecule has 1 aromatic carbocycles. The largest absolute Gasteiger partial charge is 0.307 e. The van der Waals surface area contributed by atoms with Crippen molar-refractivity contribution in [3.05, 3.63) is 70.6 Å². The van der Waals surface area contributed by atoms with E-state index in [9.17, 15) is 0 Å². The van der Waals surface area contributed by atoms with Crippen molar-refractivity contribution in [2.45, 2.75) is 13.1 Å². The number of aromatic nitrogens is 2. The predicted octanol–water partition coefficient (Wildman–Crippen LogP) is 3.39. The first-order valence-corrected chi connectivity index (χ1v) is 6.98. The molecule has 1 N–H and O–H groups in total. The quantitative estimate of drug-likeness (QED) is 0.799. The Labute approximate surface area is 120 Å². The molecule has 3 aromatic rings. The van der Waals surface area contributed by atoms with Gasteiger partial charge in [0, 0.05) is 30.0 Å². The third-order valence-electron chi connectivity index (χ3n) is 2.96. The van der Waals surface area contributed by atoms with Crippen LogP contribution in [-0.4, -0.2) is 9.38 Å². The zero-order valence-electron chi connectivity index (χ0n) is 10.4. The summed E-state index contributed by atoms with van der Waals surface area (Å²) in [6.45, 7) is 1.62. The van der Waals surface area contributed by atoms with Gasteiger partial charge in [0.15, 0.2) is 0 Å². The van der Waals surface area contributed by atoms with Gasteiger partial charge in [-0.2, -0.15) is 0 Å². The molecule has 0 saturated heterocycles. The van der Waals surface area contributed by atoms with Gasteiger partial charge >= 0.3 is 0 Å². The third-order valence-corrected chi connectivity index (χ3v) is 3.49. The number of rotatable bonds is 4. The fraction of sp³-hybridized carbons (Fsp3) is 0.133. The predicted molar refractivity (Wildman–Crippen MR) is 79.9 cm³/mol. The van der Waals surface area contributed by atoms with Crippen molar-refractivity contribution in [1.29, 1.82) is 0 Å². The Balaban J connectivity index is 1.61. The Morgan fingerprint density at radius 1 is 1.05 bits per heavy atom. The molecule has 0 unspecified atom stereocenters. The van der Waals surface area contributed by atoms with E-state index in [1.54, 1.807) is 0 Å². The van der Waals surface area contributed by atoms with E-state index in [1.165, 1.54) is 5.56 Å². The Bertz CT molecular complexity index is 640. The average molecular weight is 316 g/mol. The van der Waals surface area contributed by atoms with E-state index in [-0.39, 0.29) is 0 Å². The molecular weight excluding hydrogens is 302 g/mol.